The van der Waals surface area contributed by atoms with Crippen LogP contribution in [-0.2, 0) is 0 Å². The van der Waals surface area contributed by atoms with Crippen LogP contribution in [0.5, 0.6) is 5.75 Å². The van der Waals surface area contributed by atoms with E-state index in [9.17, 15) is 5.26 Å². The predicted molar refractivity (Wildman–Crippen MR) is 72.2 cm³/mol. The molecular formula is C16H21NO. The number of benzene rings is 1. The third-order valence-electron chi connectivity index (χ3n) is 3.92. The first-order valence-corrected chi connectivity index (χ1v) is 6.83. The van der Waals surface area contributed by atoms with Gasteiger partial charge in [-0.15, -0.1) is 0 Å². The van der Waals surface area contributed by atoms with Crippen molar-refractivity contribution in [3.63, 3.8) is 0 Å². The van der Waals surface area contributed by atoms with Crippen molar-refractivity contribution < 1.29 is 4.74 Å². The van der Waals surface area contributed by atoms with Gasteiger partial charge in [-0.25, -0.2) is 0 Å². The van der Waals surface area contributed by atoms with Gasteiger partial charge in [0, 0.05) is 6.42 Å². The number of ether oxygens (including phenoxy) is 1. The van der Waals surface area contributed by atoms with Crippen LogP contribution in [-0.4, -0.2) is 6.61 Å². The molecule has 0 radical (unpaired) electrons. The van der Waals surface area contributed by atoms with Crippen molar-refractivity contribution in [1.29, 1.82) is 5.26 Å². The van der Waals surface area contributed by atoms with Gasteiger partial charge in [0.25, 0.3) is 0 Å². The maximum absolute atomic E-state index is 9.45. The molecule has 0 bridgehead atoms. The van der Waals surface area contributed by atoms with E-state index >= 15 is 0 Å². The summed E-state index contributed by atoms with van der Waals surface area (Å²) in [5.41, 5.74) is -0.146. The second-order valence-electron chi connectivity index (χ2n) is 5.51. The Morgan fingerprint density at radius 3 is 2.83 bits per heavy atom. The Bertz CT molecular complexity index is 409. The summed E-state index contributed by atoms with van der Waals surface area (Å²) in [4.78, 5) is 0. The minimum atomic E-state index is -0.146. The molecule has 2 heteroatoms. The molecule has 0 heterocycles. The number of para-hydroxylation sites is 1. The summed E-state index contributed by atoms with van der Waals surface area (Å²) < 4.78 is 5.72. The van der Waals surface area contributed by atoms with Crippen LogP contribution < -0.4 is 4.74 Å². The Balaban J connectivity index is 1.86. The summed E-state index contributed by atoms with van der Waals surface area (Å²) >= 11 is 0. The molecule has 2 rings (SSSR count). The molecule has 0 N–H and O–H groups in total. The lowest BCUT2D eigenvalue weighted by molar-refractivity contribution is 0.162. The molecule has 0 aromatic heterocycles. The highest BCUT2D eigenvalue weighted by atomic mass is 16.5. The van der Waals surface area contributed by atoms with Crippen LogP contribution in [0.4, 0.5) is 0 Å². The van der Waals surface area contributed by atoms with Crippen molar-refractivity contribution in [2.24, 2.45) is 11.3 Å². The molecular weight excluding hydrogens is 222 g/mol. The molecule has 2 atom stereocenters. The lowest BCUT2D eigenvalue weighted by Crippen LogP contribution is -2.28. The number of hydrogen-bond acceptors (Lipinski definition) is 2. The summed E-state index contributed by atoms with van der Waals surface area (Å²) in [5.74, 6) is 1.57. The molecule has 1 aromatic rings. The second-order valence-corrected chi connectivity index (χ2v) is 5.51. The highest BCUT2D eigenvalue weighted by Crippen LogP contribution is 2.41. The van der Waals surface area contributed by atoms with Crippen molar-refractivity contribution in [3.8, 4) is 11.8 Å². The van der Waals surface area contributed by atoms with Gasteiger partial charge in [-0.05, 0) is 30.9 Å². The van der Waals surface area contributed by atoms with E-state index in [2.05, 4.69) is 13.0 Å². The zero-order valence-electron chi connectivity index (χ0n) is 11.1. The highest BCUT2D eigenvalue weighted by Gasteiger charge is 2.34. The van der Waals surface area contributed by atoms with E-state index in [0.717, 1.165) is 25.0 Å². The third-order valence-corrected chi connectivity index (χ3v) is 3.92. The molecule has 1 aliphatic rings. The highest BCUT2D eigenvalue weighted by molar-refractivity contribution is 5.20. The van der Waals surface area contributed by atoms with E-state index in [0.29, 0.717) is 12.5 Å². The van der Waals surface area contributed by atoms with Crippen molar-refractivity contribution >= 4 is 0 Å². The van der Waals surface area contributed by atoms with Gasteiger partial charge in [-0.3, -0.25) is 0 Å². The smallest absolute Gasteiger partial charge is 0.119 e. The number of rotatable bonds is 4. The first-order valence-electron chi connectivity index (χ1n) is 6.83. The standard InChI is InChI=1S/C16H21NO/c1-14-6-5-9-16(12-14,13-17)10-11-18-15-7-3-2-4-8-15/h2-4,7-8,14H,5-6,9-12H2,1H3. The summed E-state index contributed by atoms with van der Waals surface area (Å²) in [5, 5.41) is 9.45. The van der Waals surface area contributed by atoms with Crippen molar-refractivity contribution in [3.05, 3.63) is 30.3 Å². The molecule has 0 amide bonds. The Kier molecular flexibility index (Phi) is 4.25. The van der Waals surface area contributed by atoms with E-state index in [1.54, 1.807) is 0 Å². The van der Waals surface area contributed by atoms with Crippen molar-refractivity contribution in [1.82, 2.24) is 0 Å². The monoisotopic (exact) mass is 243 g/mol. The Hall–Kier alpha value is -1.49. The van der Waals surface area contributed by atoms with Crippen LogP contribution in [0.2, 0.25) is 0 Å². The minimum Gasteiger partial charge on any atom is -0.494 e. The number of nitriles is 1. The van der Waals surface area contributed by atoms with E-state index in [-0.39, 0.29) is 5.41 Å². The zero-order valence-corrected chi connectivity index (χ0v) is 11.1. The largest absolute Gasteiger partial charge is 0.494 e. The second kappa shape index (κ2) is 5.91. The van der Waals surface area contributed by atoms with Gasteiger partial charge in [-0.1, -0.05) is 38.0 Å². The Labute approximate surface area is 110 Å². The lowest BCUT2D eigenvalue weighted by atomic mass is 9.69. The number of hydrogen-bond donors (Lipinski definition) is 0. The van der Waals surface area contributed by atoms with Gasteiger partial charge in [-0.2, -0.15) is 5.26 Å². The maximum atomic E-state index is 9.45. The fraction of sp³-hybridized carbons (Fsp3) is 0.562. The van der Waals surface area contributed by atoms with Gasteiger partial charge in [0.05, 0.1) is 18.1 Å². The SMILES string of the molecule is CC1CCCC(C#N)(CCOc2ccccc2)C1. The van der Waals surface area contributed by atoms with Crippen LogP contribution in [0, 0.1) is 22.7 Å². The molecule has 1 saturated carbocycles. The summed E-state index contributed by atoms with van der Waals surface area (Å²) in [6.07, 6.45) is 5.36. The van der Waals surface area contributed by atoms with Gasteiger partial charge < -0.3 is 4.74 Å². The molecule has 18 heavy (non-hydrogen) atoms. The summed E-state index contributed by atoms with van der Waals surface area (Å²) in [7, 11) is 0. The quantitative estimate of drug-likeness (QED) is 0.795. The first-order chi connectivity index (χ1) is 8.74. The average Bonchev–Trinajstić information content (AvgIpc) is 2.40. The van der Waals surface area contributed by atoms with E-state index in [1.807, 2.05) is 30.3 Å². The molecule has 0 spiro atoms. The van der Waals surface area contributed by atoms with Gasteiger partial charge >= 0.3 is 0 Å². The van der Waals surface area contributed by atoms with E-state index in [4.69, 9.17) is 4.74 Å². The summed E-state index contributed by atoms with van der Waals surface area (Å²) in [6.45, 7) is 2.90. The average molecular weight is 243 g/mol. The maximum Gasteiger partial charge on any atom is 0.119 e. The molecule has 0 aliphatic heterocycles. The molecule has 96 valence electrons. The first kappa shape index (κ1) is 13.0. The minimum absolute atomic E-state index is 0.146. The molecule has 0 saturated heterocycles. The number of nitrogens with zero attached hydrogens (tertiary/aromatic N) is 1. The van der Waals surface area contributed by atoms with Crippen LogP contribution >= 0.6 is 0 Å². The van der Waals surface area contributed by atoms with Crippen molar-refractivity contribution in [2.45, 2.75) is 39.0 Å². The molecule has 2 unspecified atom stereocenters. The topological polar surface area (TPSA) is 33.0 Å². The zero-order chi connectivity index (χ0) is 12.8. The summed E-state index contributed by atoms with van der Waals surface area (Å²) in [6, 6.07) is 12.4. The third kappa shape index (κ3) is 3.26. The fourth-order valence-corrected chi connectivity index (χ4v) is 2.93. The van der Waals surface area contributed by atoms with Gasteiger partial charge in [0.2, 0.25) is 0 Å². The van der Waals surface area contributed by atoms with Crippen LogP contribution in [0.25, 0.3) is 0 Å². The molecule has 1 aliphatic carbocycles. The Morgan fingerprint density at radius 1 is 1.39 bits per heavy atom. The fourth-order valence-electron chi connectivity index (χ4n) is 2.93. The predicted octanol–water partition coefficient (Wildman–Crippen LogP) is 4.18. The van der Waals surface area contributed by atoms with Crippen molar-refractivity contribution in [2.75, 3.05) is 6.61 Å². The van der Waals surface area contributed by atoms with E-state index in [1.165, 1.54) is 12.8 Å². The lowest BCUT2D eigenvalue weighted by Gasteiger charge is -2.34. The van der Waals surface area contributed by atoms with Crippen LogP contribution in [0.1, 0.15) is 39.0 Å². The van der Waals surface area contributed by atoms with Crippen LogP contribution in [0.15, 0.2) is 30.3 Å². The van der Waals surface area contributed by atoms with Crippen LogP contribution in [0.3, 0.4) is 0 Å². The van der Waals surface area contributed by atoms with Gasteiger partial charge in [0.1, 0.15) is 5.75 Å². The van der Waals surface area contributed by atoms with E-state index < -0.39 is 0 Å². The molecule has 2 nitrogen and oxygen atoms in total. The van der Waals surface area contributed by atoms with Gasteiger partial charge in [0.15, 0.2) is 0 Å². The normalized spacial score (nSPS) is 27.4. The molecule has 1 aromatic carbocycles. The molecule has 1 fully saturated rings. The Morgan fingerprint density at radius 2 is 2.17 bits per heavy atom.